The van der Waals surface area contributed by atoms with E-state index in [1.807, 2.05) is 0 Å². The van der Waals surface area contributed by atoms with Gasteiger partial charge in [-0.3, -0.25) is 4.79 Å². The molecule has 1 amide bonds. The number of halogens is 1. The molecule has 1 aliphatic rings. The lowest BCUT2D eigenvalue weighted by atomic mass is 10.1. The molecule has 110 valence electrons. The van der Waals surface area contributed by atoms with Gasteiger partial charge in [-0.05, 0) is 11.1 Å². The molecule has 1 heterocycles. The minimum absolute atomic E-state index is 0.0461. The maximum atomic E-state index is 12.6. The predicted molar refractivity (Wildman–Crippen MR) is 70.8 cm³/mol. The lowest BCUT2D eigenvalue weighted by Crippen LogP contribution is -2.26. The third-order valence-electron chi connectivity index (χ3n) is 3.38. The summed E-state index contributed by atoms with van der Waals surface area (Å²) in [6.07, 6.45) is 0.0461. The van der Waals surface area contributed by atoms with Crippen LogP contribution in [0.15, 0.2) is 24.3 Å². The van der Waals surface area contributed by atoms with Gasteiger partial charge in [0.25, 0.3) is 0 Å². The second-order valence-corrected chi connectivity index (χ2v) is 6.39. The van der Waals surface area contributed by atoms with E-state index in [9.17, 15) is 22.2 Å². The number of likely N-dealkylation sites (tertiary alicyclic amines) is 1. The number of benzene rings is 1. The van der Waals surface area contributed by atoms with Crippen LogP contribution in [0.5, 0.6) is 0 Å². The molecule has 1 atom stereocenters. The van der Waals surface area contributed by atoms with Gasteiger partial charge in [0.2, 0.25) is 5.91 Å². The smallest absolute Gasteiger partial charge is 0.302 e. The Labute approximate surface area is 117 Å². The fourth-order valence-corrected chi connectivity index (χ4v) is 3.26. The third-order valence-corrected chi connectivity index (χ3v) is 4.25. The molecule has 1 saturated heterocycles. The number of nitrogens with zero attached hydrogens (tertiary/aromatic N) is 1. The van der Waals surface area contributed by atoms with Crippen molar-refractivity contribution < 1.29 is 22.2 Å². The van der Waals surface area contributed by atoms with E-state index in [1.54, 1.807) is 24.3 Å². The zero-order valence-corrected chi connectivity index (χ0v) is 11.6. The Morgan fingerprint density at radius 1 is 1.30 bits per heavy atom. The highest BCUT2D eigenvalue weighted by atomic mass is 32.3. The molecule has 0 aromatic heterocycles. The van der Waals surface area contributed by atoms with Crippen molar-refractivity contribution in [3.8, 4) is 0 Å². The van der Waals surface area contributed by atoms with Crippen LogP contribution in [-0.4, -0.2) is 36.6 Å². The van der Waals surface area contributed by atoms with Crippen molar-refractivity contribution in [3.05, 3.63) is 35.4 Å². The molecule has 7 heteroatoms. The standard InChI is InChI=1S/C13H16FNO4S/c14-20(18,19)9-10-5-13(17)15(6-10)7-11-3-1-2-4-12(11)8-16/h1-4,10,16H,5-9H2. The van der Waals surface area contributed by atoms with E-state index < -0.39 is 21.9 Å². The van der Waals surface area contributed by atoms with Gasteiger partial charge in [-0.25, -0.2) is 0 Å². The molecule has 1 aliphatic heterocycles. The molecular weight excluding hydrogens is 285 g/mol. The van der Waals surface area contributed by atoms with Gasteiger partial charge in [0.05, 0.1) is 12.4 Å². The summed E-state index contributed by atoms with van der Waals surface area (Å²) < 4.78 is 33.9. The molecule has 0 aliphatic carbocycles. The molecule has 0 bridgehead atoms. The fraction of sp³-hybridized carbons (Fsp3) is 0.462. The van der Waals surface area contributed by atoms with Crippen molar-refractivity contribution in [2.75, 3.05) is 12.3 Å². The van der Waals surface area contributed by atoms with E-state index in [0.717, 1.165) is 11.1 Å². The average Bonchev–Trinajstić information content (AvgIpc) is 2.68. The Bertz CT molecular complexity index is 602. The maximum Gasteiger partial charge on any atom is 0.302 e. The van der Waals surface area contributed by atoms with Crippen LogP contribution in [0, 0.1) is 5.92 Å². The van der Waals surface area contributed by atoms with Crippen molar-refractivity contribution in [1.82, 2.24) is 4.90 Å². The first kappa shape index (κ1) is 14.9. The zero-order chi connectivity index (χ0) is 14.8. The number of carbonyl (C=O) groups excluding carboxylic acids is 1. The molecule has 0 radical (unpaired) electrons. The monoisotopic (exact) mass is 301 g/mol. The Hall–Kier alpha value is -1.47. The number of rotatable bonds is 5. The second kappa shape index (κ2) is 5.88. The van der Waals surface area contributed by atoms with E-state index in [-0.39, 0.29) is 25.5 Å². The summed E-state index contributed by atoms with van der Waals surface area (Å²) >= 11 is 0. The van der Waals surface area contributed by atoms with Gasteiger partial charge in [-0.2, -0.15) is 8.42 Å². The molecule has 1 N–H and O–H groups in total. The Kier molecular flexibility index (Phi) is 4.39. The molecule has 1 unspecified atom stereocenters. The maximum absolute atomic E-state index is 12.6. The van der Waals surface area contributed by atoms with Crippen LogP contribution < -0.4 is 0 Å². The minimum atomic E-state index is -4.56. The summed E-state index contributed by atoms with van der Waals surface area (Å²) in [6.45, 7) is 0.403. The van der Waals surface area contributed by atoms with Crippen LogP contribution >= 0.6 is 0 Å². The number of aliphatic hydroxyl groups excluding tert-OH is 1. The Balaban J connectivity index is 2.05. The fourth-order valence-electron chi connectivity index (χ4n) is 2.47. The van der Waals surface area contributed by atoms with Crippen molar-refractivity contribution in [2.24, 2.45) is 5.92 Å². The summed E-state index contributed by atoms with van der Waals surface area (Å²) in [5.41, 5.74) is 1.54. The van der Waals surface area contributed by atoms with E-state index >= 15 is 0 Å². The zero-order valence-electron chi connectivity index (χ0n) is 10.8. The van der Waals surface area contributed by atoms with Crippen molar-refractivity contribution in [1.29, 1.82) is 0 Å². The predicted octanol–water partition coefficient (Wildman–Crippen LogP) is 0.827. The molecule has 2 rings (SSSR count). The van der Waals surface area contributed by atoms with Gasteiger partial charge >= 0.3 is 10.2 Å². The first-order valence-corrected chi connectivity index (χ1v) is 7.82. The average molecular weight is 301 g/mol. The number of aliphatic hydroxyl groups is 1. The molecule has 20 heavy (non-hydrogen) atoms. The Morgan fingerprint density at radius 2 is 1.95 bits per heavy atom. The van der Waals surface area contributed by atoms with Gasteiger partial charge in [-0.15, -0.1) is 3.89 Å². The Morgan fingerprint density at radius 3 is 2.55 bits per heavy atom. The van der Waals surface area contributed by atoms with Gasteiger partial charge in [0.1, 0.15) is 0 Å². The van der Waals surface area contributed by atoms with E-state index in [0.29, 0.717) is 6.54 Å². The van der Waals surface area contributed by atoms with Gasteiger partial charge < -0.3 is 10.0 Å². The van der Waals surface area contributed by atoms with Gasteiger partial charge in [0.15, 0.2) is 0 Å². The summed E-state index contributed by atoms with van der Waals surface area (Å²) in [6, 6.07) is 7.16. The first-order chi connectivity index (χ1) is 9.39. The number of amides is 1. The van der Waals surface area contributed by atoms with Gasteiger partial charge in [-0.1, -0.05) is 24.3 Å². The summed E-state index contributed by atoms with van der Waals surface area (Å²) in [7, 11) is -4.56. The highest BCUT2D eigenvalue weighted by Gasteiger charge is 2.32. The van der Waals surface area contributed by atoms with Crippen LogP contribution in [0.3, 0.4) is 0 Å². The van der Waals surface area contributed by atoms with Gasteiger partial charge in [0, 0.05) is 25.4 Å². The topological polar surface area (TPSA) is 74.7 Å². The largest absolute Gasteiger partial charge is 0.392 e. The third kappa shape index (κ3) is 3.77. The number of hydrogen-bond acceptors (Lipinski definition) is 4. The van der Waals surface area contributed by atoms with E-state index in [2.05, 4.69) is 0 Å². The van der Waals surface area contributed by atoms with Crippen molar-refractivity contribution in [2.45, 2.75) is 19.6 Å². The summed E-state index contributed by atoms with van der Waals surface area (Å²) in [5.74, 6) is -1.30. The number of hydrogen-bond donors (Lipinski definition) is 1. The highest BCUT2D eigenvalue weighted by molar-refractivity contribution is 7.86. The van der Waals surface area contributed by atoms with Crippen LogP contribution in [0.4, 0.5) is 3.89 Å². The quantitative estimate of drug-likeness (QED) is 0.817. The molecule has 1 aromatic rings. The lowest BCUT2D eigenvalue weighted by Gasteiger charge is -2.18. The van der Waals surface area contributed by atoms with Crippen molar-refractivity contribution in [3.63, 3.8) is 0 Å². The van der Waals surface area contributed by atoms with Crippen molar-refractivity contribution >= 4 is 16.1 Å². The molecule has 1 fully saturated rings. The lowest BCUT2D eigenvalue weighted by molar-refractivity contribution is -0.128. The molecule has 1 aromatic carbocycles. The normalized spacial score (nSPS) is 19.6. The van der Waals surface area contributed by atoms with Crippen LogP contribution in [-0.2, 0) is 28.2 Å². The molecular formula is C13H16FNO4S. The van der Waals surface area contributed by atoms with Crippen LogP contribution in [0.2, 0.25) is 0 Å². The highest BCUT2D eigenvalue weighted by Crippen LogP contribution is 2.23. The van der Waals surface area contributed by atoms with Crippen LogP contribution in [0.1, 0.15) is 17.5 Å². The van der Waals surface area contributed by atoms with E-state index in [1.165, 1.54) is 4.90 Å². The summed E-state index contributed by atoms with van der Waals surface area (Å²) in [5, 5.41) is 9.23. The first-order valence-electron chi connectivity index (χ1n) is 6.27. The van der Waals surface area contributed by atoms with Crippen LogP contribution in [0.25, 0.3) is 0 Å². The SMILES string of the molecule is O=C1CC(CS(=O)(=O)F)CN1Cc1ccccc1CO. The molecule has 0 saturated carbocycles. The molecule has 5 nitrogen and oxygen atoms in total. The summed E-state index contributed by atoms with van der Waals surface area (Å²) in [4.78, 5) is 13.3. The number of carbonyl (C=O) groups is 1. The second-order valence-electron chi connectivity index (χ2n) is 4.98. The van der Waals surface area contributed by atoms with E-state index in [4.69, 9.17) is 0 Å². The molecule has 0 spiro atoms. The minimum Gasteiger partial charge on any atom is -0.392 e.